The summed E-state index contributed by atoms with van der Waals surface area (Å²) in [6.07, 6.45) is 4.35. The maximum Gasteiger partial charge on any atom is 0.0110 e. The Hall–Kier alpha value is -0.0400. The van der Waals surface area contributed by atoms with Gasteiger partial charge in [-0.15, -0.1) is 0 Å². The number of hydrogen-bond acceptors (Lipinski definition) is 1. The fourth-order valence-corrected chi connectivity index (χ4v) is 1.85. The maximum atomic E-state index is 3.53. The molecule has 8 heavy (non-hydrogen) atoms. The van der Waals surface area contributed by atoms with Crippen molar-refractivity contribution >= 4 is 0 Å². The average Bonchev–Trinajstić information content (AvgIpc) is 1.62. The molecule has 2 saturated heterocycles. The minimum absolute atomic E-state index is 0.897. The van der Waals surface area contributed by atoms with E-state index in [0.29, 0.717) is 0 Å². The van der Waals surface area contributed by atoms with Crippen LogP contribution in [0.5, 0.6) is 0 Å². The fourth-order valence-electron chi connectivity index (χ4n) is 1.85. The summed E-state index contributed by atoms with van der Waals surface area (Å²) in [4.78, 5) is 0. The highest BCUT2D eigenvalue weighted by atomic mass is 15.0. The minimum atomic E-state index is 0.897. The molecule has 1 saturated carbocycles. The van der Waals surface area contributed by atoms with Gasteiger partial charge in [-0.3, -0.25) is 0 Å². The van der Waals surface area contributed by atoms with E-state index in [9.17, 15) is 0 Å². The molecule has 0 spiro atoms. The van der Waals surface area contributed by atoms with Gasteiger partial charge in [0.2, 0.25) is 0 Å². The van der Waals surface area contributed by atoms with Crippen LogP contribution in [0.15, 0.2) is 0 Å². The molecule has 0 radical (unpaired) electrons. The lowest BCUT2D eigenvalue weighted by Gasteiger charge is -2.46. The van der Waals surface area contributed by atoms with Crippen molar-refractivity contribution in [1.82, 2.24) is 5.32 Å². The van der Waals surface area contributed by atoms with E-state index in [1.54, 1.807) is 0 Å². The van der Waals surface area contributed by atoms with Gasteiger partial charge in [0.15, 0.2) is 0 Å². The number of nitrogens with one attached hydrogen (secondary N) is 1. The van der Waals surface area contributed by atoms with Crippen molar-refractivity contribution in [2.45, 2.75) is 38.3 Å². The number of fused-ring (bicyclic) bond motifs is 2. The van der Waals surface area contributed by atoms with Crippen molar-refractivity contribution in [3.8, 4) is 0 Å². The second-order valence-corrected chi connectivity index (χ2v) is 3.26. The van der Waals surface area contributed by atoms with Crippen LogP contribution in [0.3, 0.4) is 0 Å². The molecule has 1 heteroatoms. The SMILES string of the molecule is CC1CCC2CC1N2. The number of hydrogen-bond donors (Lipinski definition) is 1. The van der Waals surface area contributed by atoms with Gasteiger partial charge in [0.1, 0.15) is 0 Å². The van der Waals surface area contributed by atoms with Crippen molar-refractivity contribution < 1.29 is 0 Å². The predicted molar refractivity (Wildman–Crippen MR) is 33.7 cm³/mol. The zero-order valence-corrected chi connectivity index (χ0v) is 5.35. The summed E-state index contributed by atoms with van der Waals surface area (Å²) < 4.78 is 0. The normalized spacial score (nSPS) is 52.9. The Bertz CT molecular complexity index is 89.1. The Labute approximate surface area is 50.5 Å². The molecular weight excluding hydrogens is 98.1 g/mol. The van der Waals surface area contributed by atoms with Crippen molar-refractivity contribution in [2.75, 3.05) is 0 Å². The topological polar surface area (TPSA) is 12.0 Å². The molecule has 3 unspecified atom stereocenters. The molecule has 1 aliphatic carbocycles. The first-order valence-corrected chi connectivity index (χ1v) is 3.62. The lowest BCUT2D eigenvalue weighted by Crippen LogP contribution is -2.59. The predicted octanol–water partition coefficient (Wildman–Crippen LogP) is 1.15. The van der Waals surface area contributed by atoms with Crippen LogP contribution in [-0.2, 0) is 0 Å². The van der Waals surface area contributed by atoms with E-state index in [-0.39, 0.29) is 0 Å². The molecule has 3 aliphatic rings. The van der Waals surface area contributed by atoms with Crippen molar-refractivity contribution in [2.24, 2.45) is 5.92 Å². The molecular formula is C7H13N. The monoisotopic (exact) mass is 111 g/mol. The highest BCUT2D eigenvalue weighted by Gasteiger charge is 2.36. The number of piperidine rings is 1. The molecule has 0 aromatic rings. The van der Waals surface area contributed by atoms with Gasteiger partial charge in [0.25, 0.3) is 0 Å². The summed E-state index contributed by atoms with van der Waals surface area (Å²) in [5.41, 5.74) is 0. The second-order valence-electron chi connectivity index (χ2n) is 3.26. The van der Waals surface area contributed by atoms with Gasteiger partial charge in [-0.2, -0.15) is 0 Å². The Morgan fingerprint density at radius 1 is 1.38 bits per heavy atom. The van der Waals surface area contributed by atoms with Gasteiger partial charge in [-0.25, -0.2) is 0 Å². The van der Waals surface area contributed by atoms with Crippen molar-refractivity contribution in [3.63, 3.8) is 0 Å². The summed E-state index contributed by atoms with van der Waals surface area (Å²) in [6.45, 7) is 2.35. The zero-order chi connectivity index (χ0) is 5.56. The summed E-state index contributed by atoms with van der Waals surface area (Å²) >= 11 is 0. The molecule has 3 fully saturated rings. The average molecular weight is 111 g/mol. The standard InChI is InChI=1S/C7H13N/c1-5-2-3-6-4-7(5)8-6/h5-8H,2-4H2,1H3. The van der Waals surface area contributed by atoms with Crippen molar-refractivity contribution in [3.05, 3.63) is 0 Å². The third-order valence-electron chi connectivity index (χ3n) is 2.65. The smallest absolute Gasteiger partial charge is 0.0110 e. The Morgan fingerprint density at radius 2 is 2.12 bits per heavy atom. The first kappa shape index (κ1) is 4.80. The van der Waals surface area contributed by atoms with E-state index in [0.717, 1.165) is 18.0 Å². The molecule has 0 aromatic heterocycles. The maximum absolute atomic E-state index is 3.53. The van der Waals surface area contributed by atoms with Gasteiger partial charge in [-0.1, -0.05) is 6.92 Å². The van der Waals surface area contributed by atoms with E-state index in [2.05, 4.69) is 12.2 Å². The molecule has 0 amide bonds. The van der Waals surface area contributed by atoms with E-state index < -0.39 is 0 Å². The van der Waals surface area contributed by atoms with Crippen LogP contribution in [0.25, 0.3) is 0 Å². The quantitative estimate of drug-likeness (QED) is 0.494. The summed E-state index contributed by atoms with van der Waals surface area (Å²) in [5, 5.41) is 3.53. The fraction of sp³-hybridized carbons (Fsp3) is 1.00. The van der Waals surface area contributed by atoms with Crippen LogP contribution in [0.4, 0.5) is 0 Å². The molecule has 2 bridgehead atoms. The van der Waals surface area contributed by atoms with E-state index in [1.165, 1.54) is 19.3 Å². The minimum Gasteiger partial charge on any atom is -0.311 e. The first-order valence-electron chi connectivity index (χ1n) is 3.62. The van der Waals surface area contributed by atoms with Crippen molar-refractivity contribution in [1.29, 1.82) is 0 Å². The third kappa shape index (κ3) is 0.510. The van der Waals surface area contributed by atoms with Gasteiger partial charge in [-0.05, 0) is 25.2 Å². The van der Waals surface area contributed by atoms with E-state index >= 15 is 0 Å². The molecule has 46 valence electrons. The van der Waals surface area contributed by atoms with Gasteiger partial charge in [0.05, 0.1) is 0 Å². The van der Waals surface area contributed by atoms with E-state index in [4.69, 9.17) is 0 Å². The first-order chi connectivity index (χ1) is 3.86. The summed E-state index contributed by atoms with van der Waals surface area (Å²) in [5.74, 6) is 0.958. The molecule has 1 nitrogen and oxygen atoms in total. The van der Waals surface area contributed by atoms with Gasteiger partial charge in [0, 0.05) is 12.1 Å². The van der Waals surface area contributed by atoms with Crippen LogP contribution < -0.4 is 5.32 Å². The number of rotatable bonds is 0. The van der Waals surface area contributed by atoms with Gasteiger partial charge < -0.3 is 5.32 Å². The van der Waals surface area contributed by atoms with Crippen LogP contribution in [0.2, 0.25) is 0 Å². The lowest BCUT2D eigenvalue weighted by molar-refractivity contribution is 0.124. The third-order valence-corrected chi connectivity index (χ3v) is 2.65. The lowest BCUT2D eigenvalue weighted by atomic mass is 9.76. The summed E-state index contributed by atoms with van der Waals surface area (Å²) in [7, 11) is 0. The molecule has 3 atom stereocenters. The molecule has 3 rings (SSSR count). The largest absolute Gasteiger partial charge is 0.311 e. The summed E-state index contributed by atoms with van der Waals surface area (Å²) in [6, 6.07) is 1.81. The Morgan fingerprint density at radius 3 is 2.38 bits per heavy atom. The van der Waals surface area contributed by atoms with Crippen LogP contribution in [0, 0.1) is 5.92 Å². The second kappa shape index (κ2) is 1.47. The molecule has 0 aromatic carbocycles. The van der Waals surface area contributed by atoms with Gasteiger partial charge >= 0.3 is 0 Å². The molecule has 2 aliphatic heterocycles. The highest BCUT2D eigenvalue weighted by molar-refractivity contribution is 4.96. The van der Waals surface area contributed by atoms with E-state index in [1.807, 2.05) is 0 Å². The Balaban J connectivity index is 2.01. The molecule has 2 heterocycles. The highest BCUT2D eigenvalue weighted by Crippen LogP contribution is 2.32. The molecule has 1 N–H and O–H groups in total. The zero-order valence-electron chi connectivity index (χ0n) is 5.35. The van der Waals surface area contributed by atoms with Crippen LogP contribution in [-0.4, -0.2) is 12.1 Å². The van der Waals surface area contributed by atoms with Crippen LogP contribution in [0.1, 0.15) is 26.2 Å². The Kier molecular flexibility index (Phi) is 0.884. The van der Waals surface area contributed by atoms with Crippen LogP contribution >= 0.6 is 0 Å².